The molecule has 2 unspecified atom stereocenters. The van der Waals surface area contributed by atoms with Gasteiger partial charge in [-0.3, -0.25) is 28.0 Å². The Labute approximate surface area is 417 Å². The minimum atomic E-state index is -4.76. The summed E-state index contributed by atoms with van der Waals surface area (Å²) in [6.45, 7) is 3.83. The maximum Gasteiger partial charge on any atom is 0.311 e. The highest BCUT2D eigenvalue weighted by molar-refractivity contribution is 14.1. The fourth-order valence-electron chi connectivity index (χ4n) is 7.92. The number of hydrogen-bond donors (Lipinski definition) is 4. The fourth-order valence-corrected chi connectivity index (χ4v) is 10.9. The number of nitrogens with zero attached hydrogens (tertiary/aromatic N) is 2. The number of hydrogen-bond acceptors (Lipinski definition) is 13. The van der Waals surface area contributed by atoms with Crippen molar-refractivity contribution in [1.82, 2.24) is 0 Å². The molecular formula is C44H51F4IN2O15S4. The molecule has 1 heterocycles. The molecule has 1 aliphatic rings. The lowest BCUT2D eigenvalue weighted by molar-refractivity contribution is -0.135. The van der Waals surface area contributed by atoms with Crippen LogP contribution in [0.3, 0.4) is 0 Å². The van der Waals surface area contributed by atoms with Crippen molar-refractivity contribution in [2.24, 2.45) is 4.99 Å². The van der Waals surface area contributed by atoms with Crippen LogP contribution in [0.2, 0.25) is 0 Å². The Morgan fingerprint density at radius 2 is 1.40 bits per heavy atom. The second-order valence-corrected chi connectivity index (χ2v) is 23.7. The van der Waals surface area contributed by atoms with Crippen LogP contribution in [0.5, 0.6) is 5.75 Å². The van der Waals surface area contributed by atoms with Crippen molar-refractivity contribution in [3.05, 3.63) is 117 Å². The molecule has 0 amide bonds. The van der Waals surface area contributed by atoms with Crippen molar-refractivity contribution in [2.75, 3.05) is 43.2 Å². The van der Waals surface area contributed by atoms with Crippen molar-refractivity contribution in [3.8, 4) is 5.75 Å². The zero-order chi connectivity index (χ0) is 52.5. The largest absolute Gasteiger partial charge is 0.420 e. The topological polar surface area (TPSA) is 269 Å². The van der Waals surface area contributed by atoms with E-state index in [1.165, 1.54) is 37.4 Å². The van der Waals surface area contributed by atoms with Gasteiger partial charge >= 0.3 is 5.97 Å². The molecule has 70 heavy (non-hydrogen) atoms. The molecule has 3 aromatic rings. The smallest absolute Gasteiger partial charge is 0.311 e. The lowest BCUT2D eigenvalue weighted by Crippen LogP contribution is -2.34. The molecule has 386 valence electrons. The highest BCUT2D eigenvalue weighted by Crippen LogP contribution is 2.51. The maximum absolute atomic E-state index is 14.1. The lowest BCUT2D eigenvalue weighted by Gasteiger charge is -2.32. The zero-order valence-corrected chi connectivity index (χ0v) is 43.2. The molecule has 0 fully saturated rings. The van der Waals surface area contributed by atoms with Gasteiger partial charge in [-0.05, 0) is 135 Å². The molecule has 4 rings (SSSR count). The minimum Gasteiger partial charge on any atom is -0.420 e. The normalized spacial score (nSPS) is 17.5. The standard InChI is InChI=1S/C44H51F4IN2O15S4/c1-43(19-10-24-67(53,54)55,31-26-29(69(59,60)61)15-17-35(31)49)37(50-21-9-5-8-14-39(52)66-42-40(47)33(45)28-34(46)41(42)48)12-6-4-7-13-38-44(2,20-11-25-68(56,57)58)32-27-30(70(62,63)64)16-18-36(32)51(38)22-23-65-3/h4,6-7,12-13,15-18,26-28H,5,8-11,14,19-25H2,1-3H3,(H,53,54,55)(H,56,57,58)(H,59,60,61)(H,62,63,64)/b7-4+,12-6+,38-13+,50-37?. The van der Waals surface area contributed by atoms with Crippen molar-refractivity contribution < 1.29 is 83.7 Å². The number of benzene rings is 3. The van der Waals surface area contributed by atoms with Crippen LogP contribution in [0.15, 0.2) is 93.3 Å². The average Bonchev–Trinajstić information content (AvgIpc) is 3.47. The van der Waals surface area contributed by atoms with E-state index in [2.05, 4.69) is 4.74 Å². The van der Waals surface area contributed by atoms with Crippen LogP contribution >= 0.6 is 22.6 Å². The Morgan fingerprint density at radius 3 is 2.00 bits per heavy atom. The summed E-state index contributed by atoms with van der Waals surface area (Å²) in [6.07, 6.45) is 7.90. The Hall–Kier alpha value is -4.13. The third-order valence-electron chi connectivity index (χ3n) is 11.4. The van der Waals surface area contributed by atoms with E-state index in [1.807, 2.05) is 27.5 Å². The number of carbonyl (C=O) groups is 1. The van der Waals surface area contributed by atoms with E-state index < -0.39 is 114 Å². The van der Waals surface area contributed by atoms with Gasteiger partial charge in [0, 0.05) is 64.2 Å². The molecule has 26 heteroatoms. The summed E-state index contributed by atoms with van der Waals surface area (Å²) in [7, 11) is -16.8. The van der Waals surface area contributed by atoms with Crippen LogP contribution in [0.25, 0.3) is 0 Å². The molecular weight excluding hydrogens is 1130 g/mol. The Balaban J connectivity index is 1.76. The van der Waals surface area contributed by atoms with Crippen LogP contribution in [0, 0.1) is 26.8 Å². The van der Waals surface area contributed by atoms with E-state index in [0.29, 0.717) is 26.1 Å². The average molecular weight is 1180 g/mol. The van der Waals surface area contributed by atoms with E-state index in [-0.39, 0.29) is 76.4 Å². The van der Waals surface area contributed by atoms with Crippen molar-refractivity contribution in [1.29, 1.82) is 0 Å². The second kappa shape index (κ2) is 24.1. The molecule has 0 radical (unpaired) electrons. The monoisotopic (exact) mass is 1180 g/mol. The molecule has 0 saturated heterocycles. The minimum absolute atomic E-state index is 0.0173. The van der Waals surface area contributed by atoms with Crippen molar-refractivity contribution in [2.45, 2.75) is 85.8 Å². The summed E-state index contributed by atoms with van der Waals surface area (Å²) in [4.78, 5) is 18.1. The van der Waals surface area contributed by atoms with E-state index >= 15 is 0 Å². The molecule has 0 spiro atoms. The summed E-state index contributed by atoms with van der Waals surface area (Å²) in [6, 6.07) is 7.75. The maximum atomic E-state index is 14.1. The number of rotatable bonds is 25. The number of methoxy groups -OCH3 is 1. The van der Waals surface area contributed by atoms with Crippen molar-refractivity contribution in [3.63, 3.8) is 0 Å². The van der Waals surface area contributed by atoms with Gasteiger partial charge in [0.2, 0.25) is 17.4 Å². The quantitative estimate of drug-likeness (QED) is 0.00721. The number of esters is 1. The van der Waals surface area contributed by atoms with Gasteiger partial charge in [-0.15, -0.1) is 0 Å². The highest BCUT2D eigenvalue weighted by Gasteiger charge is 2.44. The van der Waals surface area contributed by atoms with Crippen LogP contribution < -0.4 is 9.64 Å². The van der Waals surface area contributed by atoms with Gasteiger partial charge in [-0.1, -0.05) is 24.6 Å². The predicted molar refractivity (Wildman–Crippen MR) is 259 cm³/mol. The Kier molecular flexibility index (Phi) is 20.1. The Bertz CT molecular complexity index is 3000. The first kappa shape index (κ1) is 58.4. The highest BCUT2D eigenvalue weighted by atomic mass is 127. The number of ether oxygens (including phenoxy) is 2. The molecule has 4 N–H and O–H groups in total. The van der Waals surface area contributed by atoms with E-state index in [0.717, 1.165) is 6.07 Å². The summed E-state index contributed by atoms with van der Waals surface area (Å²) in [5.74, 6) is -11.3. The second-order valence-electron chi connectivity index (χ2n) is 16.5. The summed E-state index contributed by atoms with van der Waals surface area (Å²) in [5.41, 5.74) is -0.387. The van der Waals surface area contributed by atoms with Gasteiger partial charge in [0.25, 0.3) is 40.5 Å². The first-order valence-corrected chi connectivity index (χ1v) is 28.3. The first-order chi connectivity index (χ1) is 32.4. The van der Waals surface area contributed by atoms with Gasteiger partial charge in [-0.25, -0.2) is 8.78 Å². The number of fused-ring (bicyclic) bond motifs is 1. The number of halogens is 5. The Morgan fingerprint density at radius 1 is 0.800 bits per heavy atom. The predicted octanol–water partition coefficient (Wildman–Crippen LogP) is 7.96. The number of allylic oxidation sites excluding steroid dienone is 6. The third-order valence-corrected chi connectivity index (χ3v) is 15.7. The van der Waals surface area contributed by atoms with E-state index in [9.17, 15) is 74.2 Å². The van der Waals surface area contributed by atoms with Gasteiger partial charge < -0.3 is 14.4 Å². The number of aliphatic imine (C=N–C) groups is 1. The lowest BCUT2D eigenvalue weighted by atomic mass is 9.74. The number of carbonyl (C=O) groups excluding carboxylic acids is 1. The first-order valence-electron chi connectivity index (χ1n) is 21.1. The molecule has 0 saturated carbocycles. The molecule has 2 atom stereocenters. The van der Waals surface area contributed by atoms with Crippen molar-refractivity contribution >= 4 is 80.4 Å². The van der Waals surface area contributed by atoms with E-state index in [4.69, 9.17) is 9.73 Å². The van der Waals surface area contributed by atoms with Crippen LogP contribution in [0.4, 0.5) is 23.2 Å². The van der Waals surface area contributed by atoms with Crippen LogP contribution in [-0.2, 0) is 60.8 Å². The molecule has 3 aromatic carbocycles. The molecule has 1 aliphatic heterocycles. The zero-order valence-electron chi connectivity index (χ0n) is 37.8. The molecule has 0 bridgehead atoms. The van der Waals surface area contributed by atoms with Crippen LogP contribution in [-0.4, -0.2) is 102 Å². The third kappa shape index (κ3) is 15.7. The van der Waals surface area contributed by atoms with Gasteiger partial charge in [0.1, 0.15) is 0 Å². The van der Waals surface area contributed by atoms with Crippen LogP contribution in [0.1, 0.15) is 76.3 Å². The summed E-state index contributed by atoms with van der Waals surface area (Å²) in [5, 5.41) is 0. The van der Waals surface area contributed by atoms with E-state index in [1.54, 1.807) is 44.2 Å². The van der Waals surface area contributed by atoms with Gasteiger partial charge in [0.05, 0.1) is 27.9 Å². The molecule has 0 aliphatic carbocycles. The SMILES string of the molecule is COCCN1/C(=C/C=C/C=C/C(=NCCCCCC(=O)Oc2c(F)c(F)cc(F)c2F)C(C)(CCCS(=O)(=O)O)c2cc(S(=O)(=O)O)ccc2I)C(C)(CCCS(=O)(=O)O)c2cc(S(=O)(=O)O)ccc21. The summed E-state index contributed by atoms with van der Waals surface area (Å²) >= 11 is 1.93. The fraction of sp³-hybridized carbons (Fsp3) is 0.409. The summed E-state index contributed by atoms with van der Waals surface area (Å²) < 4.78 is 201. The van der Waals surface area contributed by atoms with Gasteiger partial charge in [-0.2, -0.15) is 42.5 Å². The number of unbranched alkanes of at least 4 members (excludes halogenated alkanes) is 2. The number of anilines is 1. The molecule has 0 aromatic heterocycles. The molecule has 17 nitrogen and oxygen atoms in total. The van der Waals surface area contributed by atoms with Gasteiger partial charge in [0.15, 0.2) is 11.6 Å².